The minimum atomic E-state index is -0.253. The number of methoxy groups -OCH3 is 1. The van der Waals surface area contributed by atoms with E-state index in [1.807, 2.05) is 18.2 Å². The van der Waals surface area contributed by atoms with Gasteiger partial charge >= 0.3 is 5.97 Å². The molecule has 8 heteroatoms. The van der Waals surface area contributed by atoms with Gasteiger partial charge in [-0.05, 0) is 87.9 Å². The molecule has 3 aromatic rings. The number of rotatable bonds is 9. The monoisotopic (exact) mass is 505 g/mol. The van der Waals surface area contributed by atoms with E-state index in [1.54, 1.807) is 6.20 Å². The molecule has 1 N–H and O–H groups in total. The normalized spacial score (nSPS) is 17.2. The van der Waals surface area contributed by atoms with E-state index in [1.165, 1.54) is 12.8 Å². The van der Waals surface area contributed by atoms with Crippen LogP contribution in [0.1, 0.15) is 55.0 Å². The number of aryl methyl sites for hydroxylation is 1. The first-order valence-corrected chi connectivity index (χ1v) is 12.9. The maximum absolute atomic E-state index is 12.0. The molecule has 1 fully saturated rings. The van der Waals surface area contributed by atoms with Gasteiger partial charge in [-0.1, -0.05) is 6.07 Å². The first-order valence-electron chi connectivity index (χ1n) is 12.5. The molecule has 1 aliphatic heterocycles. The van der Waals surface area contributed by atoms with Crippen molar-refractivity contribution in [1.29, 1.82) is 0 Å². The molecule has 3 heterocycles. The molecule has 0 aliphatic carbocycles. The number of carbonyl (C=O) groups is 1. The summed E-state index contributed by atoms with van der Waals surface area (Å²) in [5.74, 6) is -0.253. The molecule has 1 saturated heterocycles. The highest BCUT2D eigenvalue weighted by Crippen LogP contribution is 2.41. The van der Waals surface area contributed by atoms with Crippen LogP contribution in [0.15, 0.2) is 54.7 Å². The van der Waals surface area contributed by atoms with E-state index < -0.39 is 0 Å². The van der Waals surface area contributed by atoms with E-state index in [2.05, 4.69) is 82.7 Å². The molecule has 190 valence electrons. The van der Waals surface area contributed by atoms with E-state index in [9.17, 15) is 4.79 Å². The lowest BCUT2D eigenvalue weighted by molar-refractivity contribution is -0.140. The third-order valence-corrected chi connectivity index (χ3v) is 7.36. The van der Waals surface area contributed by atoms with Gasteiger partial charge in [-0.3, -0.25) is 9.78 Å². The smallest absolute Gasteiger partial charge is 0.307 e. The highest BCUT2D eigenvalue weighted by atomic mass is 32.1. The van der Waals surface area contributed by atoms with Crippen LogP contribution in [0, 0.1) is 13.8 Å². The van der Waals surface area contributed by atoms with Crippen LogP contribution in [-0.2, 0) is 9.53 Å². The molecule has 2 atom stereocenters. The van der Waals surface area contributed by atoms with Gasteiger partial charge in [0.2, 0.25) is 0 Å². The van der Waals surface area contributed by atoms with Gasteiger partial charge in [0.25, 0.3) is 0 Å². The van der Waals surface area contributed by atoms with Gasteiger partial charge in [0.15, 0.2) is 5.11 Å². The van der Waals surface area contributed by atoms with Crippen LogP contribution >= 0.6 is 12.2 Å². The van der Waals surface area contributed by atoms with Crippen LogP contribution in [0.5, 0.6) is 0 Å². The Morgan fingerprint density at radius 2 is 1.86 bits per heavy atom. The number of thiocarbonyl (C=S) groups is 1. The van der Waals surface area contributed by atoms with Crippen molar-refractivity contribution in [2.75, 3.05) is 31.6 Å². The van der Waals surface area contributed by atoms with Crippen molar-refractivity contribution >= 4 is 29.0 Å². The lowest BCUT2D eigenvalue weighted by atomic mass is 9.96. The van der Waals surface area contributed by atoms with Gasteiger partial charge < -0.3 is 24.4 Å². The Balaban J connectivity index is 1.74. The van der Waals surface area contributed by atoms with E-state index in [-0.39, 0.29) is 24.5 Å². The Labute approximate surface area is 219 Å². The molecule has 0 saturated carbocycles. The third kappa shape index (κ3) is 4.95. The molecule has 0 bridgehead atoms. The van der Waals surface area contributed by atoms with Gasteiger partial charge in [-0.15, -0.1) is 0 Å². The minimum absolute atomic E-state index is 0.105. The highest BCUT2D eigenvalue weighted by Gasteiger charge is 2.41. The number of aromatic nitrogens is 2. The van der Waals surface area contributed by atoms with Crippen molar-refractivity contribution in [3.63, 3.8) is 0 Å². The second-order valence-electron chi connectivity index (χ2n) is 9.00. The first-order chi connectivity index (χ1) is 17.4. The Morgan fingerprint density at radius 3 is 2.47 bits per heavy atom. The molecular weight excluding hydrogens is 470 g/mol. The van der Waals surface area contributed by atoms with Crippen LogP contribution in [0.25, 0.3) is 5.69 Å². The fourth-order valence-corrected chi connectivity index (χ4v) is 5.52. The average molecular weight is 506 g/mol. The van der Waals surface area contributed by atoms with E-state index >= 15 is 0 Å². The number of benzene rings is 1. The Kier molecular flexibility index (Phi) is 7.94. The minimum Gasteiger partial charge on any atom is -0.469 e. The largest absolute Gasteiger partial charge is 0.469 e. The quantitative estimate of drug-likeness (QED) is 0.329. The molecule has 1 aliphatic rings. The molecule has 2 aromatic heterocycles. The summed E-state index contributed by atoms with van der Waals surface area (Å²) in [6.45, 7) is 11.1. The standard InChI is InChI=1S/C28H35N5O2S/c1-6-31(7-2)21-11-13-22(14-12-21)33-19(3)18-23(20(33)4)27-26(24-10-8-9-16-29-24)30-28(36)32(27)17-15-25(34)35-5/h8-14,16,18,26-27H,6-7,15,17H2,1-5H3,(H,30,36)/t26-,27+/m1/s1. The number of esters is 1. The molecule has 0 radical (unpaired) electrons. The average Bonchev–Trinajstić information content (AvgIpc) is 3.38. The topological polar surface area (TPSA) is 62.6 Å². The number of ether oxygens (including phenoxy) is 1. The van der Waals surface area contributed by atoms with Gasteiger partial charge in [0.05, 0.1) is 31.3 Å². The molecule has 7 nitrogen and oxygen atoms in total. The van der Waals surface area contributed by atoms with Crippen LogP contribution in [0.4, 0.5) is 5.69 Å². The summed E-state index contributed by atoms with van der Waals surface area (Å²) < 4.78 is 7.18. The zero-order valence-corrected chi connectivity index (χ0v) is 22.5. The van der Waals surface area contributed by atoms with Gasteiger partial charge in [-0.2, -0.15) is 0 Å². The van der Waals surface area contributed by atoms with Crippen molar-refractivity contribution in [1.82, 2.24) is 19.8 Å². The molecule has 4 rings (SSSR count). The highest BCUT2D eigenvalue weighted by molar-refractivity contribution is 7.80. The number of nitrogens with one attached hydrogen (secondary N) is 1. The number of carbonyl (C=O) groups excluding carboxylic acids is 1. The molecule has 1 aromatic carbocycles. The number of anilines is 1. The number of hydrogen-bond donors (Lipinski definition) is 1. The Bertz CT molecular complexity index is 1200. The number of hydrogen-bond acceptors (Lipinski definition) is 5. The van der Waals surface area contributed by atoms with Crippen LogP contribution in [-0.4, -0.2) is 52.3 Å². The summed E-state index contributed by atoms with van der Waals surface area (Å²) in [6.07, 6.45) is 2.06. The van der Waals surface area contributed by atoms with Gasteiger partial charge in [0.1, 0.15) is 0 Å². The lowest BCUT2D eigenvalue weighted by Gasteiger charge is -2.28. The second kappa shape index (κ2) is 11.1. The van der Waals surface area contributed by atoms with E-state index in [0.717, 1.165) is 41.4 Å². The van der Waals surface area contributed by atoms with Gasteiger partial charge in [-0.25, -0.2) is 0 Å². The summed E-state index contributed by atoms with van der Waals surface area (Å²) >= 11 is 5.74. The maximum atomic E-state index is 12.0. The van der Waals surface area contributed by atoms with Crippen molar-refractivity contribution in [3.05, 3.63) is 77.4 Å². The summed E-state index contributed by atoms with van der Waals surface area (Å²) in [5, 5.41) is 4.09. The number of nitrogens with zero attached hydrogens (tertiary/aromatic N) is 4. The number of pyridine rings is 1. The van der Waals surface area contributed by atoms with Crippen LogP contribution in [0.3, 0.4) is 0 Å². The van der Waals surface area contributed by atoms with Gasteiger partial charge in [0, 0.05) is 48.6 Å². The van der Waals surface area contributed by atoms with E-state index in [4.69, 9.17) is 17.0 Å². The van der Waals surface area contributed by atoms with Crippen molar-refractivity contribution < 1.29 is 9.53 Å². The molecule has 36 heavy (non-hydrogen) atoms. The fraction of sp³-hybridized carbons (Fsp3) is 0.393. The van der Waals surface area contributed by atoms with E-state index in [0.29, 0.717) is 11.7 Å². The second-order valence-corrected chi connectivity index (χ2v) is 9.38. The summed E-state index contributed by atoms with van der Waals surface area (Å²) in [5.41, 5.74) is 6.70. The Morgan fingerprint density at radius 1 is 1.14 bits per heavy atom. The summed E-state index contributed by atoms with van der Waals surface area (Å²) in [4.78, 5) is 21.0. The fourth-order valence-electron chi connectivity index (χ4n) is 5.18. The maximum Gasteiger partial charge on any atom is 0.307 e. The predicted molar refractivity (Wildman–Crippen MR) is 148 cm³/mol. The van der Waals surface area contributed by atoms with Crippen molar-refractivity contribution in [2.24, 2.45) is 0 Å². The molecule has 0 amide bonds. The van der Waals surface area contributed by atoms with Crippen molar-refractivity contribution in [2.45, 2.75) is 46.2 Å². The molecule has 0 unspecified atom stereocenters. The summed E-state index contributed by atoms with van der Waals surface area (Å²) in [7, 11) is 1.41. The van der Waals surface area contributed by atoms with Crippen LogP contribution < -0.4 is 10.2 Å². The Hall–Kier alpha value is -3.39. The predicted octanol–water partition coefficient (Wildman–Crippen LogP) is 4.87. The molecular formula is C28H35N5O2S. The lowest BCUT2D eigenvalue weighted by Crippen LogP contribution is -2.32. The zero-order valence-electron chi connectivity index (χ0n) is 21.7. The summed E-state index contributed by atoms with van der Waals surface area (Å²) in [6, 6.07) is 16.6. The van der Waals surface area contributed by atoms with Crippen molar-refractivity contribution in [3.8, 4) is 5.69 Å². The first kappa shape index (κ1) is 25.7. The third-order valence-electron chi connectivity index (χ3n) is 7.01. The zero-order chi connectivity index (χ0) is 25.8. The SMILES string of the molecule is CCN(CC)c1ccc(-n2c(C)cc([C@H]3[C@@H](c4ccccn4)NC(=S)N3CCC(=O)OC)c2C)cc1. The molecule has 0 spiro atoms. The van der Waals surface area contributed by atoms with Crippen LogP contribution in [0.2, 0.25) is 0 Å².